The summed E-state index contributed by atoms with van der Waals surface area (Å²) in [5.74, 6) is -0.672. The van der Waals surface area contributed by atoms with Gasteiger partial charge in [0.15, 0.2) is 0 Å². The number of nitrogens with zero attached hydrogens (tertiary/aromatic N) is 2. The molecule has 5 rings (SSSR count). The predicted octanol–water partition coefficient (Wildman–Crippen LogP) is 3.86. The van der Waals surface area contributed by atoms with Crippen molar-refractivity contribution in [3.8, 4) is 0 Å². The summed E-state index contributed by atoms with van der Waals surface area (Å²) in [5, 5.41) is 0. The summed E-state index contributed by atoms with van der Waals surface area (Å²) in [5.41, 5.74) is 3.85. The molecule has 0 saturated heterocycles. The molecule has 0 fully saturated rings. The Morgan fingerprint density at radius 2 is 1.21 bits per heavy atom. The molecule has 11 heteroatoms. The van der Waals surface area contributed by atoms with E-state index in [0.717, 1.165) is 22.3 Å². The number of H-pyrrole nitrogens is 3. The second-order valence-corrected chi connectivity index (χ2v) is 11.4. The fourth-order valence-corrected chi connectivity index (χ4v) is 5.54. The Kier molecular flexibility index (Phi) is 10.6. The Morgan fingerprint density at radius 3 is 1.72 bits per heavy atom. The molecule has 0 aliphatic rings. The SMILES string of the molecule is CCc1c(C(=O)c2cc(C)cc(C)c2)[nH]c(=O)[nH]c1=O.CCc1c(C(=O)c2cc(C)cc(C)c2)n(Cc2ccccn2)c(=O)[nH]c1=O. The highest BCUT2D eigenvalue weighted by molar-refractivity contribution is 6.09. The van der Waals surface area contributed by atoms with E-state index in [1.165, 1.54) is 4.57 Å². The van der Waals surface area contributed by atoms with E-state index in [9.17, 15) is 28.8 Å². The van der Waals surface area contributed by atoms with Gasteiger partial charge in [-0.3, -0.25) is 38.7 Å². The molecule has 3 heterocycles. The third-order valence-electron chi connectivity index (χ3n) is 7.50. The molecular weight excluding hydrogens is 598 g/mol. The van der Waals surface area contributed by atoms with Crippen LogP contribution in [0.5, 0.6) is 0 Å². The summed E-state index contributed by atoms with van der Waals surface area (Å²) in [6.45, 7) is 11.3. The number of ketones is 2. The van der Waals surface area contributed by atoms with E-state index < -0.39 is 22.5 Å². The van der Waals surface area contributed by atoms with Gasteiger partial charge in [-0.05, 0) is 76.9 Å². The van der Waals surface area contributed by atoms with Gasteiger partial charge in [-0.1, -0.05) is 54.3 Å². The van der Waals surface area contributed by atoms with Crippen LogP contribution in [-0.2, 0) is 19.4 Å². The largest absolute Gasteiger partial charge is 0.329 e. The maximum atomic E-state index is 13.3. The van der Waals surface area contributed by atoms with Crippen molar-refractivity contribution in [2.45, 2.75) is 60.9 Å². The van der Waals surface area contributed by atoms with E-state index in [1.807, 2.05) is 45.9 Å². The van der Waals surface area contributed by atoms with Crippen LogP contribution in [0, 0.1) is 27.7 Å². The highest BCUT2D eigenvalue weighted by Gasteiger charge is 2.23. The fourth-order valence-electron chi connectivity index (χ4n) is 5.54. The van der Waals surface area contributed by atoms with Gasteiger partial charge in [0.1, 0.15) is 5.69 Å². The second kappa shape index (κ2) is 14.6. The lowest BCUT2D eigenvalue weighted by atomic mass is 9.99. The van der Waals surface area contributed by atoms with Gasteiger partial charge in [-0.2, -0.15) is 0 Å². The first kappa shape index (κ1) is 34.2. The zero-order chi connectivity index (χ0) is 34.4. The number of aromatic amines is 3. The Labute approximate surface area is 270 Å². The van der Waals surface area contributed by atoms with Crippen LogP contribution in [0.15, 0.2) is 80.0 Å². The van der Waals surface area contributed by atoms with E-state index >= 15 is 0 Å². The van der Waals surface area contributed by atoms with Crippen molar-refractivity contribution in [2.24, 2.45) is 0 Å². The van der Waals surface area contributed by atoms with Crippen molar-refractivity contribution < 1.29 is 9.59 Å². The zero-order valence-corrected chi connectivity index (χ0v) is 27.2. The van der Waals surface area contributed by atoms with Crippen LogP contribution in [0.1, 0.15) is 85.0 Å². The number of rotatable bonds is 8. The lowest BCUT2D eigenvalue weighted by Gasteiger charge is -2.15. The minimum absolute atomic E-state index is 0.0752. The predicted molar refractivity (Wildman–Crippen MR) is 180 cm³/mol. The summed E-state index contributed by atoms with van der Waals surface area (Å²) in [6.07, 6.45) is 2.33. The Hall–Kier alpha value is -5.71. The van der Waals surface area contributed by atoms with E-state index in [2.05, 4.69) is 19.9 Å². The summed E-state index contributed by atoms with van der Waals surface area (Å²) >= 11 is 0. The van der Waals surface area contributed by atoms with E-state index in [-0.39, 0.29) is 29.5 Å². The van der Waals surface area contributed by atoms with Crippen LogP contribution < -0.4 is 22.5 Å². The highest BCUT2D eigenvalue weighted by atomic mass is 16.2. The Bertz CT molecular complexity index is 2170. The number of hydrogen-bond acceptors (Lipinski definition) is 7. The first-order chi connectivity index (χ1) is 22.3. The molecule has 47 heavy (non-hydrogen) atoms. The standard InChI is InChI=1S/C21H21N3O3.C15H16N2O3/c1-4-17-18(19(25)15-10-13(2)9-14(3)11-15)24(21(27)23-20(17)26)12-16-7-5-6-8-22-16;1-4-11-12(16-15(20)17-14(11)19)13(18)10-6-8(2)5-9(3)7-10/h5-11H,4,12H2,1-3H3,(H,23,26,27);5-7H,4H2,1-3H3,(H2,16,17,19,20). The number of carbonyl (C=O) groups is 2. The molecule has 5 aromatic rings. The molecule has 0 spiro atoms. The van der Waals surface area contributed by atoms with Gasteiger partial charge in [-0.25, -0.2) is 9.59 Å². The van der Waals surface area contributed by atoms with E-state index in [1.54, 1.807) is 56.4 Å². The number of benzene rings is 2. The molecule has 0 radical (unpaired) electrons. The molecule has 2 aromatic carbocycles. The monoisotopic (exact) mass is 635 g/mol. The number of carbonyl (C=O) groups excluding carboxylic acids is 2. The second-order valence-electron chi connectivity index (χ2n) is 11.4. The van der Waals surface area contributed by atoms with Crippen molar-refractivity contribution in [1.29, 1.82) is 0 Å². The summed E-state index contributed by atoms with van der Waals surface area (Å²) in [6, 6.07) is 16.3. The van der Waals surface area contributed by atoms with Gasteiger partial charge in [0.2, 0.25) is 11.6 Å². The van der Waals surface area contributed by atoms with Gasteiger partial charge in [0.25, 0.3) is 11.1 Å². The molecule has 0 atom stereocenters. The number of hydrogen-bond donors (Lipinski definition) is 3. The van der Waals surface area contributed by atoms with Gasteiger partial charge < -0.3 is 4.98 Å². The molecular formula is C36H37N5O6. The molecule has 0 aliphatic heterocycles. The molecule has 0 amide bonds. The fraction of sp³-hybridized carbons (Fsp3) is 0.250. The van der Waals surface area contributed by atoms with Crippen LogP contribution in [0.2, 0.25) is 0 Å². The van der Waals surface area contributed by atoms with Gasteiger partial charge in [0, 0.05) is 28.5 Å². The number of nitrogens with one attached hydrogen (secondary N) is 3. The summed E-state index contributed by atoms with van der Waals surface area (Å²) in [7, 11) is 0. The first-order valence-corrected chi connectivity index (χ1v) is 15.2. The van der Waals surface area contributed by atoms with Crippen molar-refractivity contribution in [1.82, 2.24) is 24.5 Å². The van der Waals surface area contributed by atoms with Crippen molar-refractivity contribution >= 4 is 11.6 Å². The molecule has 3 N–H and O–H groups in total. The van der Waals surface area contributed by atoms with Gasteiger partial charge in [-0.15, -0.1) is 0 Å². The lowest BCUT2D eigenvalue weighted by Crippen LogP contribution is -2.37. The van der Waals surface area contributed by atoms with Crippen molar-refractivity contribution in [3.05, 3.63) is 164 Å². The molecule has 242 valence electrons. The lowest BCUT2D eigenvalue weighted by molar-refractivity contribution is 0.102. The normalized spacial score (nSPS) is 10.7. The quantitative estimate of drug-likeness (QED) is 0.218. The number of aryl methyl sites for hydroxylation is 4. The third-order valence-corrected chi connectivity index (χ3v) is 7.50. The van der Waals surface area contributed by atoms with Crippen molar-refractivity contribution in [2.75, 3.05) is 0 Å². The summed E-state index contributed by atoms with van der Waals surface area (Å²) < 4.78 is 1.31. The number of pyridine rings is 1. The van der Waals surface area contributed by atoms with Crippen LogP contribution >= 0.6 is 0 Å². The van der Waals surface area contributed by atoms with Crippen LogP contribution in [0.4, 0.5) is 0 Å². The molecule has 0 unspecified atom stereocenters. The van der Waals surface area contributed by atoms with E-state index in [4.69, 9.17) is 0 Å². The highest BCUT2D eigenvalue weighted by Crippen LogP contribution is 2.17. The number of aromatic nitrogens is 5. The first-order valence-electron chi connectivity index (χ1n) is 15.2. The zero-order valence-electron chi connectivity index (χ0n) is 27.2. The Morgan fingerprint density at radius 1 is 0.681 bits per heavy atom. The average Bonchev–Trinajstić information content (AvgIpc) is 3.01. The molecule has 0 bridgehead atoms. The maximum Gasteiger partial charge on any atom is 0.329 e. The molecule has 11 nitrogen and oxygen atoms in total. The van der Waals surface area contributed by atoms with Gasteiger partial charge >= 0.3 is 11.4 Å². The minimum atomic E-state index is -0.667. The average molecular weight is 636 g/mol. The minimum Gasteiger partial charge on any atom is -0.304 e. The van der Waals surface area contributed by atoms with Crippen molar-refractivity contribution in [3.63, 3.8) is 0 Å². The smallest absolute Gasteiger partial charge is 0.304 e. The maximum absolute atomic E-state index is 13.3. The molecule has 3 aromatic heterocycles. The van der Waals surface area contributed by atoms with Crippen LogP contribution in [0.25, 0.3) is 0 Å². The van der Waals surface area contributed by atoms with Crippen LogP contribution in [0.3, 0.4) is 0 Å². The Balaban J connectivity index is 0.000000223. The summed E-state index contributed by atoms with van der Waals surface area (Å²) in [4.78, 5) is 84.9. The van der Waals surface area contributed by atoms with Gasteiger partial charge in [0.05, 0.1) is 17.9 Å². The third kappa shape index (κ3) is 7.93. The van der Waals surface area contributed by atoms with E-state index in [0.29, 0.717) is 40.8 Å². The molecule has 0 saturated carbocycles. The molecule has 0 aliphatic carbocycles. The topological polar surface area (TPSA) is 168 Å². The van der Waals surface area contributed by atoms with Crippen LogP contribution in [-0.4, -0.2) is 36.1 Å².